The number of benzene rings is 2. The Labute approximate surface area is 207 Å². The summed E-state index contributed by atoms with van der Waals surface area (Å²) in [6.07, 6.45) is 13.9. The molecule has 0 atom stereocenters. The Hall–Kier alpha value is -1.78. The van der Waals surface area contributed by atoms with E-state index >= 15 is 0 Å². The molecule has 5 heteroatoms. The first-order chi connectivity index (χ1) is 16.8. The van der Waals surface area contributed by atoms with Crippen LogP contribution in [0.5, 0.6) is 5.75 Å². The number of hydrogen-bond acceptors (Lipinski definition) is 1. The molecule has 0 N–H and O–H groups in total. The van der Waals surface area contributed by atoms with E-state index in [2.05, 4.69) is 11.7 Å². The van der Waals surface area contributed by atoms with Crippen molar-refractivity contribution in [2.45, 2.75) is 109 Å². The fourth-order valence-corrected chi connectivity index (χ4v) is 6.50. The Kier molecular flexibility index (Phi) is 8.99. The topological polar surface area (TPSA) is 9.23 Å². The molecule has 2 saturated carbocycles. The number of halogens is 4. The monoisotopic (exact) mass is 492 g/mol. The molecule has 0 spiro atoms. The van der Waals surface area contributed by atoms with E-state index in [0.29, 0.717) is 11.3 Å². The third kappa shape index (κ3) is 7.36. The normalized spacial score (nSPS) is 25.6. The first-order valence-electron chi connectivity index (χ1n) is 13.8. The van der Waals surface area contributed by atoms with E-state index in [4.69, 9.17) is 0 Å². The molecule has 2 fully saturated rings. The van der Waals surface area contributed by atoms with Crippen LogP contribution < -0.4 is 4.74 Å². The maximum atomic E-state index is 14.5. The molecule has 2 aliphatic carbocycles. The van der Waals surface area contributed by atoms with Crippen LogP contribution in [0.3, 0.4) is 0 Å². The van der Waals surface area contributed by atoms with Gasteiger partial charge in [0, 0.05) is 5.39 Å². The molecule has 35 heavy (non-hydrogen) atoms. The molecule has 0 bridgehead atoms. The average Bonchev–Trinajstić information content (AvgIpc) is 2.85. The van der Waals surface area contributed by atoms with Crippen LogP contribution in [0.1, 0.15) is 108 Å². The number of alkyl halides is 3. The molecule has 2 aromatic rings. The third-order valence-electron chi connectivity index (χ3n) is 8.65. The highest BCUT2D eigenvalue weighted by molar-refractivity contribution is 5.85. The number of fused-ring (bicyclic) bond motifs is 1. The zero-order chi connectivity index (χ0) is 24.8. The summed E-state index contributed by atoms with van der Waals surface area (Å²) in [5.74, 6) is 1.44. The van der Waals surface area contributed by atoms with Crippen molar-refractivity contribution in [1.29, 1.82) is 0 Å². The highest BCUT2D eigenvalue weighted by atomic mass is 19.4. The molecular formula is C30H40F4O. The molecule has 0 aliphatic heterocycles. The van der Waals surface area contributed by atoms with E-state index < -0.39 is 17.9 Å². The molecule has 2 aromatic carbocycles. The van der Waals surface area contributed by atoms with Gasteiger partial charge in [0.15, 0.2) is 11.6 Å². The van der Waals surface area contributed by atoms with E-state index in [1.165, 1.54) is 88.7 Å². The van der Waals surface area contributed by atoms with Crippen LogP contribution in [0.25, 0.3) is 10.8 Å². The minimum atomic E-state index is -4.90. The largest absolute Gasteiger partial charge is 0.573 e. The van der Waals surface area contributed by atoms with E-state index in [-0.39, 0.29) is 5.39 Å². The lowest BCUT2D eigenvalue weighted by molar-refractivity contribution is -0.275. The number of rotatable bonds is 9. The first-order valence-corrected chi connectivity index (χ1v) is 13.8. The van der Waals surface area contributed by atoms with Gasteiger partial charge in [0.1, 0.15) is 0 Å². The molecule has 0 unspecified atom stereocenters. The van der Waals surface area contributed by atoms with Crippen LogP contribution in [0, 0.1) is 23.6 Å². The van der Waals surface area contributed by atoms with Gasteiger partial charge >= 0.3 is 6.36 Å². The molecule has 0 saturated heterocycles. The molecule has 0 aromatic heterocycles. The third-order valence-corrected chi connectivity index (χ3v) is 8.65. The average molecular weight is 493 g/mol. The van der Waals surface area contributed by atoms with Crippen molar-refractivity contribution in [3.63, 3.8) is 0 Å². The summed E-state index contributed by atoms with van der Waals surface area (Å²) in [5.41, 5.74) is 1.17. The molecule has 0 amide bonds. The molecule has 1 nitrogen and oxygen atoms in total. The molecule has 4 rings (SSSR count). The number of hydrogen-bond donors (Lipinski definition) is 0. The van der Waals surface area contributed by atoms with Gasteiger partial charge in [-0.3, -0.25) is 0 Å². The second-order valence-corrected chi connectivity index (χ2v) is 11.1. The van der Waals surface area contributed by atoms with Gasteiger partial charge in [-0.2, -0.15) is 0 Å². The quantitative estimate of drug-likeness (QED) is 0.250. The highest BCUT2D eigenvalue weighted by Crippen LogP contribution is 2.41. The second-order valence-electron chi connectivity index (χ2n) is 11.1. The molecule has 2 aliphatic rings. The summed E-state index contributed by atoms with van der Waals surface area (Å²) < 4.78 is 55.8. The summed E-state index contributed by atoms with van der Waals surface area (Å²) in [4.78, 5) is 0. The first kappa shape index (κ1) is 26.3. The summed E-state index contributed by atoms with van der Waals surface area (Å²) in [6, 6.07) is 8.03. The lowest BCUT2D eigenvalue weighted by Crippen LogP contribution is -2.18. The maximum absolute atomic E-state index is 14.5. The van der Waals surface area contributed by atoms with Crippen molar-refractivity contribution >= 4 is 10.8 Å². The van der Waals surface area contributed by atoms with Gasteiger partial charge in [-0.15, -0.1) is 13.2 Å². The van der Waals surface area contributed by atoms with Crippen LogP contribution in [0.15, 0.2) is 30.3 Å². The van der Waals surface area contributed by atoms with E-state index in [1.807, 2.05) is 12.1 Å². The summed E-state index contributed by atoms with van der Waals surface area (Å²) in [7, 11) is 0. The Morgan fingerprint density at radius 2 is 1.37 bits per heavy atom. The van der Waals surface area contributed by atoms with Crippen LogP contribution in [0.2, 0.25) is 0 Å². The summed E-state index contributed by atoms with van der Waals surface area (Å²) in [5, 5.41) is 0.797. The van der Waals surface area contributed by atoms with Gasteiger partial charge in [0.25, 0.3) is 0 Å². The van der Waals surface area contributed by atoms with Crippen molar-refractivity contribution in [2.75, 3.05) is 0 Å². The van der Waals surface area contributed by atoms with E-state index in [9.17, 15) is 17.6 Å². The predicted octanol–water partition coefficient (Wildman–Crippen LogP) is 10.3. The lowest BCUT2D eigenvalue weighted by atomic mass is 9.74. The Morgan fingerprint density at radius 1 is 0.771 bits per heavy atom. The highest BCUT2D eigenvalue weighted by Gasteiger charge is 2.33. The minimum absolute atomic E-state index is 0.171. The SMILES string of the molecule is CCCCC[C@H]1CC[C@H](CCC2CCC(c3ccc4c(F)c(OC(F)(F)F)ccc4c3)CC2)CC1. The predicted molar refractivity (Wildman–Crippen MR) is 134 cm³/mol. The van der Waals surface area contributed by atoms with Crippen molar-refractivity contribution in [3.8, 4) is 5.75 Å². The van der Waals surface area contributed by atoms with Crippen molar-refractivity contribution < 1.29 is 22.3 Å². The minimum Gasteiger partial charge on any atom is -0.403 e. The van der Waals surface area contributed by atoms with Gasteiger partial charge < -0.3 is 4.74 Å². The van der Waals surface area contributed by atoms with Crippen molar-refractivity contribution in [2.24, 2.45) is 17.8 Å². The summed E-state index contributed by atoms with van der Waals surface area (Å²) >= 11 is 0. The molecule has 0 heterocycles. The van der Waals surface area contributed by atoms with Crippen LogP contribution in [-0.4, -0.2) is 6.36 Å². The van der Waals surface area contributed by atoms with Crippen LogP contribution in [-0.2, 0) is 0 Å². The van der Waals surface area contributed by atoms with E-state index in [1.54, 1.807) is 6.07 Å². The zero-order valence-electron chi connectivity index (χ0n) is 21.0. The fraction of sp³-hybridized carbons (Fsp3) is 0.667. The smallest absolute Gasteiger partial charge is 0.403 e. The number of ether oxygens (including phenoxy) is 1. The standard InChI is InChI=1S/C30H40F4O/c1-2-3-4-5-21-6-8-22(9-7-21)10-11-23-12-14-24(15-13-23)25-16-18-27-26(20-25)17-19-28(29(27)31)35-30(32,33)34/h16-24H,2-15H2,1H3/t21-,22-,23?,24?. The van der Waals surface area contributed by atoms with Gasteiger partial charge in [-0.05, 0) is 66.4 Å². The van der Waals surface area contributed by atoms with Gasteiger partial charge in [0.05, 0.1) is 0 Å². The summed E-state index contributed by atoms with van der Waals surface area (Å²) in [6.45, 7) is 2.28. The van der Waals surface area contributed by atoms with Crippen molar-refractivity contribution in [3.05, 3.63) is 41.7 Å². The van der Waals surface area contributed by atoms with E-state index in [0.717, 1.165) is 36.7 Å². The second kappa shape index (κ2) is 12.0. The molecule has 0 radical (unpaired) electrons. The lowest BCUT2D eigenvalue weighted by Gasteiger charge is -2.32. The van der Waals surface area contributed by atoms with Crippen LogP contribution >= 0.6 is 0 Å². The number of unbranched alkanes of at least 4 members (excludes halogenated alkanes) is 2. The van der Waals surface area contributed by atoms with Gasteiger partial charge in [0.2, 0.25) is 0 Å². The van der Waals surface area contributed by atoms with Crippen LogP contribution in [0.4, 0.5) is 17.6 Å². The Morgan fingerprint density at radius 3 is 1.97 bits per heavy atom. The fourth-order valence-electron chi connectivity index (χ4n) is 6.50. The van der Waals surface area contributed by atoms with Gasteiger partial charge in [-0.25, -0.2) is 4.39 Å². The maximum Gasteiger partial charge on any atom is 0.573 e. The molecule has 194 valence electrons. The van der Waals surface area contributed by atoms with Crippen molar-refractivity contribution in [1.82, 2.24) is 0 Å². The molecular weight excluding hydrogens is 452 g/mol. The Bertz CT molecular complexity index is 937. The van der Waals surface area contributed by atoms with Gasteiger partial charge in [-0.1, -0.05) is 95.4 Å². The Balaban J connectivity index is 1.23. The zero-order valence-corrected chi connectivity index (χ0v) is 21.0.